The fourth-order valence-corrected chi connectivity index (χ4v) is 2.42. The molecule has 0 heterocycles. The summed E-state index contributed by atoms with van der Waals surface area (Å²) in [5.41, 5.74) is 5.55. The number of rotatable bonds is 5. The van der Waals surface area contributed by atoms with Crippen LogP contribution in [-0.2, 0) is 4.79 Å². The van der Waals surface area contributed by atoms with Crippen molar-refractivity contribution in [3.05, 3.63) is 22.2 Å². The maximum atomic E-state index is 11.9. The van der Waals surface area contributed by atoms with Crippen LogP contribution in [0.5, 0.6) is 0 Å². The fourth-order valence-electron chi connectivity index (χ4n) is 1.87. The van der Waals surface area contributed by atoms with Gasteiger partial charge in [-0.05, 0) is 33.0 Å². The monoisotopic (exact) mass is 319 g/mol. The van der Waals surface area contributed by atoms with Gasteiger partial charge in [-0.2, -0.15) is 0 Å². The van der Waals surface area contributed by atoms with Gasteiger partial charge in [-0.15, -0.1) is 0 Å². The summed E-state index contributed by atoms with van der Waals surface area (Å²) in [5.74, 6) is -0.271. The van der Waals surface area contributed by atoms with Crippen LogP contribution in [0.3, 0.4) is 0 Å². The van der Waals surface area contributed by atoms with Gasteiger partial charge in [0.1, 0.15) is 0 Å². The summed E-state index contributed by atoms with van der Waals surface area (Å²) < 4.78 is 0. The van der Waals surface area contributed by atoms with Crippen molar-refractivity contribution >= 4 is 40.5 Å². The van der Waals surface area contributed by atoms with E-state index < -0.39 is 5.60 Å². The van der Waals surface area contributed by atoms with Crippen molar-refractivity contribution in [1.29, 1.82) is 0 Å². The largest absolute Gasteiger partial charge is 0.397 e. The van der Waals surface area contributed by atoms with Gasteiger partial charge in [0, 0.05) is 11.6 Å². The predicted molar refractivity (Wildman–Crippen MR) is 83.3 cm³/mol. The highest BCUT2D eigenvalue weighted by atomic mass is 35.5. The van der Waals surface area contributed by atoms with Crippen molar-refractivity contribution in [2.24, 2.45) is 0 Å². The molecular formula is C13H19Cl2N3O2. The Bertz CT molecular complexity index is 478. The highest BCUT2D eigenvalue weighted by molar-refractivity contribution is 6.37. The molecule has 20 heavy (non-hydrogen) atoms. The second kappa shape index (κ2) is 6.63. The first kappa shape index (κ1) is 17.0. The van der Waals surface area contributed by atoms with E-state index >= 15 is 0 Å². The van der Waals surface area contributed by atoms with Gasteiger partial charge in [0.15, 0.2) is 0 Å². The lowest BCUT2D eigenvalue weighted by Gasteiger charge is -2.25. The zero-order valence-electron chi connectivity index (χ0n) is 11.7. The maximum absolute atomic E-state index is 11.9. The molecule has 0 aliphatic rings. The molecule has 1 rings (SSSR count). The molecule has 0 unspecified atom stereocenters. The SMILES string of the molecule is CN(CC(=O)Nc1c(N)cc(Cl)cc1Cl)CC(C)(C)O. The van der Waals surface area contributed by atoms with Gasteiger partial charge in [0.05, 0.1) is 28.5 Å². The van der Waals surface area contributed by atoms with E-state index in [0.29, 0.717) is 22.9 Å². The molecule has 0 saturated carbocycles. The zero-order chi connectivity index (χ0) is 15.5. The Balaban J connectivity index is 2.68. The van der Waals surface area contributed by atoms with Gasteiger partial charge in [0.2, 0.25) is 5.91 Å². The number of likely N-dealkylation sites (N-methyl/N-ethyl adjacent to an activating group) is 1. The smallest absolute Gasteiger partial charge is 0.238 e. The van der Waals surface area contributed by atoms with Crippen molar-refractivity contribution in [3.63, 3.8) is 0 Å². The number of hydrogen-bond acceptors (Lipinski definition) is 4. The second-order valence-electron chi connectivity index (χ2n) is 5.38. The van der Waals surface area contributed by atoms with E-state index in [-0.39, 0.29) is 17.5 Å². The number of nitrogens with two attached hydrogens (primary N) is 1. The Labute approximate surface area is 128 Å². The van der Waals surface area contributed by atoms with Gasteiger partial charge >= 0.3 is 0 Å². The third-order valence-corrected chi connectivity index (χ3v) is 2.94. The van der Waals surface area contributed by atoms with E-state index in [2.05, 4.69) is 5.32 Å². The minimum Gasteiger partial charge on any atom is -0.397 e. The van der Waals surface area contributed by atoms with Gasteiger partial charge in [-0.25, -0.2) is 0 Å². The number of carbonyl (C=O) groups is 1. The topological polar surface area (TPSA) is 78.6 Å². The average Bonchev–Trinajstić information content (AvgIpc) is 2.20. The maximum Gasteiger partial charge on any atom is 0.238 e. The van der Waals surface area contributed by atoms with Crippen molar-refractivity contribution in [1.82, 2.24) is 4.90 Å². The van der Waals surface area contributed by atoms with Crippen LogP contribution >= 0.6 is 23.2 Å². The minimum atomic E-state index is -0.869. The number of carbonyl (C=O) groups excluding carboxylic acids is 1. The van der Waals surface area contributed by atoms with Crippen LogP contribution in [0.2, 0.25) is 10.0 Å². The second-order valence-corrected chi connectivity index (χ2v) is 6.23. The summed E-state index contributed by atoms with van der Waals surface area (Å²) in [5, 5.41) is 13.0. The molecular weight excluding hydrogens is 301 g/mol. The van der Waals surface area contributed by atoms with E-state index in [1.807, 2.05) is 0 Å². The summed E-state index contributed by atoms with van der Waals surface area (Å²) in [6.45, 7) is 3.83. The van der Waals surface area contributed by atoms with E-state index in [9.17, 15) is 9.90 Å². The van der Waals surface area contributed by atoms with Crippen molar-refractivity contribution in [2.75, 3.05) is 31.2 Å². The third kappa shape index (κ3) is 5.54. The molecule has 0 fully saturated rings. The number of amides is 1. The van der Waals surface area contributed by atoms with E-state index in [4.69, 9.17) is 28.9 Å². The van der Waals surface area contributed by atoms with Crippen molar-refractivity contribution in [3.8, 4) is 0 Å². The van der Waals surface area contributed by atoms with Crippen LogP contribution < -0.4 is 11.1 Å². The molecule has 4 N–H and O–H groups in total. The van der Waals surface area contributed by atoms with Crippen molar-refractivity contribution in [2.45, 2.75) is 19.4 Å². The number of halogens is 2. The Morgan fingerprint density at radius 1 is 1.45 bits per heavy atom. The van der Waals surface area contributed by atoms with Gasteiger partial charge < -0.3 is 16.2 Å². The molecule has 0 aliphatic heterocycles. The van der Waals surface area contributed by atoms with Gasteiger partial charge in [-0.3, -0.25) is 9.69 Å². The first-order valence-electron chi connectivity index (χ1n) is 6.04. The van der Waals surface area contributed by atoms with Crippen LogP contribution in [0.4, 0.5) is 11.4 Å². The molecule has 0 saturated heterocycles. The standard InChI is InChI=1S/C13H19Cl2N3O2/c1-13(2,20)7-18(3)6-11(19)17-12-9(15)4-8(14)5-10(12)16/h4-5,20H,6-7,16H2,1-3H3,(H,17,19). The van der Waals surface area contributed by atoms with Crippen LogP contribution in [0.25, 0.3) is 0 Å². The summed E-state index contributed by atoms with van der Waals surface area (Å²) in [6, 6.07) is 3.03. The molecule has 0 aliphatic carbocycles. The number of nitrogen functional groups attached to an aromatic ring is 1. The van der Waals surface area contributed by atoms with Crippen LogP contribution in [0.15, 0.2) is 12.1 Å². The summed E-state index contributed by atoms with van der Waals surface area (Å²) in [6.07, 6.45) is 0. The summed E-state index contributed by atoms with van der Waals surface area (Å²) in [4.78, 5) is 13.6. The van der Waals surface area contributed by atoms with E-state index in [0.717, 1.165) is 0 Å². The molecule has 0 spiro atoms. The Hall–Kier alpha value is -1.01. The third-order valence-electron chi connectivity index (χ3n) is 2.42. The molecule has 0 radical (unpaired) electrons. The molecule has 0 aromatic heterocycles. The predicted octanol–water partition coefficient (Wildman–Crippen LogP) is 2.22. The lowest BCUT2D eigenvalue weighted by atomic mass is 10.1. The quantitative estimate of drug-likeness (QED) is 0.727. The Morgan fingerprint density at radius 2 is 2.05 bits per heavy atom. The van der Waals surface area contributed by atoms with Crippen LogP contribution in [-0.4, -0.2) is 41.7 Å². The first-order chi connectivity index (χ1) is 9.08. The highest BCUT2D eigenvalue weighted by Gasteiger charge is 2.18. The number of aliphatic hydroxyl groups is 1. The highest BCUT2D eigenvalue weighted by Crippen LogP contribution is 2.31. The van der Waals surface area contributed by atoms with Gasteiger partial charge in [-0.1, -0.05) is 23.2 Å². The minimum absolute atomic E-state index is 0.113. The van der Waals surface area contributed by atoms with E-state index in [1.165, 1.54) is 12.1 Å². The number of nitrogens with zero attached hydrogens (tertiary/aromatic N) is 1. The molecule has 1 aromatic rings. The van der Waals surface area contributed by atoms with E-state index in [1.54, 1.807) is 25.8 Å². The Kier molecular flexibility index (Phi) is 5.65. The number of nitrogens with one attached hydrogen (secondary N) is 1. The molecule has 0 atom stereocenters. The molecule has 5 nitrogen and oxygen atoms in total. The first-order valence-corrected chi connectivity index (χ1v) is 6.79. The number of benzene rings is 1. The molecule has 1 amide bonds. The molecule has 7 heteroatoms. The van der Waals surface area contributed by atoms with Crippen LogP contribution in [0, 0.1) is 0 Å². The fraction of sp³-hybridized carbons (Fsp3) is 0.462. The lowest BCUT2D eigenvalue weighted by Crippen LogP contribution is -2.40. The lowest BCUT2D eigenvalue weighted by molar-refractivity contribution is -0.117. The Morgan fingerprint density at radius 3 is 2.55 bits per heavy atom. The van der Waals surface area contributed by atoms with Crippen LogP contribution in [0.1, 0.15) is 13.8 Å². The molecule has 112 valence electrons. The number of anilines is 2. The van der Waals surface area contributed by atoms with Crippen molar-refractivity contribution < 1.29 is 9.90 Å². The zero-order valence-corrected chi connectivity index (χ0v) is 13.2. The molecule has 1 aromatic carbocycles. The number of hydrogen-bond donors (Lipinski definition) is 3. The average molecular weight is 320 g/mol. The summed E-state index contributed by atoms with van der Waals surface area (Å²) in [7, 11) is 1.74. The van der Waals surface area contributed by atoms with Gasteiger partial charge in [0.25, 0.3) is 0 Å². The molecule has 0 bridgehead atoms. The summed E-state index contributed by atoms with van der Waals surface area (Å²) >= 11 is 11.8. The normalized spacial score (nSPS) is 11.8.